The van der Waals surface area contributed by atoms with Crippen LogP contribution in [0.15, 0.2) is 30.3 Å². The van der Waals surface area contributed by atoms with Gasteiger partial charge < -0.3 is 14.8 Å². The zero-order valence-corrected chi connectivity index (χ0v) is 15.2. The van der Waals surface area contributed by atoms with E-state index in [-0.39, 0.29) is 18.6 Å². The predicted molar refractivity (Wildman–Crippen MR) is 97.1 cm³/mol. The van der Waals surface area contributed by atoms with Gasteiger partial charge in [0.15, 0.2) is 6.61 Å². The summed E-state index contributed by atoms with van der Waals surface area (Å²) in [6.07, 6.45) is 6.23. The average Bonchev–Trinajstić information content (AvgIpc) is 2.62. The molecule has 1 aromatic carbocycles. The van der Waals surface area contributed by atoms with E-state index in [4.69, 9.17) is 9.47 Å². The summed E-state index contributed by atoms with van der Waals surface area (Å²) in [6, 6.07) is 7.52. The van der Waals surface area contributed by atoms with Crippen molar-refractivity contribution in [1.29, 1.82) is 0 Å². The van der Waals surface area contributed by atoms with Crippen molar-refractivity contribution in [2.45, 2.75) is 39.2 Å². The van der Waals surface area contributed by atoms with Gasteiger partial charge >= 0.3 is 5.97 Å². The maximum absolute atomic E-state index is 12.0. The lowest BCUT2D eigenvalue weighted by atomic mass is 9.78. The molecule has 0 heterocycles. The van der Waals surface area contributed by atoms with Crippen molar-refractivity contribution in [2.75, 3.05) is 13.7 Å². The highest BCUT2D eigenvalue weighted by Crippen LogP contribution is 2.29. The molecule has 0 aliphatic heterocycles. The van der Waals surface area contributed by atoms with Crippen LogP contribution in [0.3, 0.4) is 0 Å². The van der Waals surface area contributed by atoms with Gasteiger partial charge in [0, 0.05) is 17.7 Å². The number of methoxy groups -OCH3 is 1. The molecule has 0 bridgehead atoms. The SMILES string of the molecule is COc1ccccc1/C=C/C(=O)OCC(=O)N[C@@H]1CCC[C@@H](C)[C@@H]1C. The van der Waals surface area contributed by atoms with E-state index in [9.17, 15) is 9.59 Å². The van der Waals surface area contributed by atoms with Gasteiger partial charge in [-0.25, -0.2) is 4.79 Å². The molecule has 1 fully saturated rings. The van der Waals surface area contributed by atoms with Crippen LogP contribution < -0.4 is 10.1 Å². The Morgan fingerprint density at radius 2 is 2.00 bits per heavy atom. The Hall–Kier alpha value is -2.30. The molecule has 0 aromatic heterocycles. The van der Waals surface area contributed by atoms with Gasteiger partial charge in [-0.3, -0.25) is 4.79 Å². The number of rotatable bonds is 6. The highest BCUT2D eigenvalue weighted by molar-refractivity contribution is 5.89. The minimum absolute atomic E-state index is 0.166. The van der Waals surface area contributed by atoms with Crippen molar-refractivity contribution >= 4 is 18.0 Å². The molecule has 0 saturated heterocycles. The maximum atomic E-state index is 12.0. The first kappa shape index (κ1) is 19.0. The van der Waals surface area contributed by atoms with Gasteiger partial charge in [-0.15, -0.1) is 0 Å². The second-order valence-electron chi connectivity index (χ2n) is 6.62. The van der Waals surface area contributed by atoms with Crippen LogP contribution in [0.5, 0.6) is 5.75 Å². The van der Waals surface area contributed by atoms with E-state index in [0.29, 0.717) is 17.6 Å². The fraction of sp³-hybridized carbons (Fsp3) is 0.500. The summed E-state index contributed by atoms with van der Waals surface area (Å²) < 4.78 is 10.2. The Kier molecular flexibility index (Phi) is 7.04. The van der Waals surface area contributed by atoms with Crippen molar-refractivity contribution in [2.24, 2.45) is 11.8 Å². The molecule has 5 nitrogen and oxygen atoms in total. The summed E-state index contributed by atoms with van der Waals surface area (Å²) in [5.41, 5.74) is 0.774. The highest BCUT2D eigenvalue weighted by Gasteiger charge is 2.28. The van der Waals surface area contributed by atoms with Gasteiger partial charge in [-0.05, 0) is 30.4 Å². The monoisotopic (exact) mass is 345 g/mol. The minimum atomic E-state index is -0.550. The normalized spacial score (nSPS) is 23.2. The van der Waals surface area contributed by atoms with Gasteiger partial charge in [0.2, 0.25) is 0 Å². The number of nitrogens with one attached hydrogen (secondary N) is 1. The Morgan fingerprint density at radius 1 is 1.24 bits per heavy atom. The molecule has 0 unspecified atom stereocenters. The fourth-order valence-electron chi connectivity index (χ4n) is 3.18. The van der Waals surface area contributed by atoms with E-state index in [0.717, 1.165) is 18.4 Å². The van der Waals surface area contributed by atoms with Crippen LogP contribution in [0.25, 0.3) is 6.08 Å². The van der Waals surface area contributed by atoms with Crippen LogP contribution in [0.4, 0.5) is 0 Å². The molecule has 1 aliphatic rings. The van der Waals surface area contributed by atoms with E-state index < -0.39 is 5.97 Å². The Bertz CT molecular complexity index is 626. The quantitative estimate of drug-likeness (QED) is 0.635. The van der Waals surface area contributed by atoms with Gasteiger partial charge in [0.25, 0.3) is 5.91 Å². The van der Waals surface area contributed by atoms with Crippen LogP contribution >= 0.6 is 0 Å². The minimum Gasteiger partial charge on any atom is -0.496 e. The second-order valence-corrected chi connectivity index (χ2v) is 6.62. The third-order valence-corrected chi connectivity index (χ3v) is 4.94. The molecule has 0 radical (unpaired) electrons. The highest BCUT2D eigenvalue weighted by atomic mass is 16.5. The molecule has 1 amide bonds. The van der Waals surface area contributed by atoms with E-state index in [2.05, 4.69) is 19.2 Å². The Balaban J connectivity index is 1.79. The number of amides is 1. The van der Waals surface area contributed by atoms with Gasteiger partial charge in [0.1, 0.15) is 5.75 Å². The zero-order chi connectivity index (χ0) is 18.2. The van der Waals surface area contributed by atoms with Crippen molar-refractivity contribution in [1.82, 2.24) is 5.32 Å². The lowest BCUT2D eigenvalue weighted by Crippen LogP contribution is -2.45. The third kappa shape index (κ3) is 5.62. The van der Waals surface area contributed by atoms with E-state index in [1.165, 1.54) is 12.5 Å². The number of hydrogen-bond donors (Lipinski definition) is 1. The first-order chi connectivity index (χ1) is 12.0. The van der Waals surface area contributed by atoms with Crippen LogP contribution in [0.2, 0.25) is 0 Å². The zero-order valence-electron chi connectivity index (χ0n) is 15.2. The van der Waals surface area contributed by atoms with Crippen LogP contribution in [-0.4, -0.2) is 31.6 Å². The van der Waals surface area contributed by atoms with Crippen LogP contribution in [-0.2, 0) is 14.3 Å². The number of carbonyl (C=O) groups is 2. The molecule has 1 saturated carbocycles. The fourth-order valence-corrected chi connectivity index (χ4v) is 3.18. The van der Waals surface area contributed by atoms with Gasteiger partial charge in [0.05, 0.1) is 7.11 Å². The van der Waals surface area contributed by atoms with E-state index >= 15 is 0 Å². The topological polar surface area (TPSA) is 64.6 Å². The number of benzene rings is 1. The molecule has 0 spiro atoms. The number of para-hydroxylation sites is 1. The summed E-state index contributed by atoms with van der Waals surface area (Å²) in [6.45, 7) is 4.12. The van der Waals surface area contributed by atoms with E-state index in [1.807, 2.05) is 24.3 Å². The number of ether oxygens (including phenoxy) is 2. The van der Waals surface area contributed by atoms with Gasteiger partial charge in [-0.1, -0.05) is 44.9 Å². The van der Waals surface area contributed by atoms with Crippen molar-refractivity contribution < 1.29 is 19.1 Å². The first-order valence-corrected chi connectivity index (χ1v) is 8.78. The van der Waals surface area contributed by atoms with Gasteiger partial charge in [-0.2, -0.15) is 0 Å². The van der Waals surface area contributed by atoms with E-state index in [1.54, 1.807) is 13.2 Å². The predicted octanol–water partition coefficient (Wildman–Crippen LogP) is 3.19. The molecule has 3 atom stereocenters. The second kappa shape index (κ2) is 9.25. The molecule has 136 valence electrons. The molecular formula is C20H27NO4. The molecule has 1 aromatic rings. The smallest absolute Gasteiger partial charge is 0.331 e. The Morgan fingerprint density at radius 3 is 2.76 bits per heavy atom. The van der Waals surface area contributed by atoms with Crippen molar-refractivity contribution in [3.63, 3.8) is 0 Å². The largest absolute Gasteiger partial charge is 0.496 e. The number of esters is 1. The summed E-state index contributed by atoms with van der Waals surface area (Å²) in [5.74, 6) is 0.921. The molecule has 5 heteroatoms. The summed E-state index contributed by atoms with van der Waals surface area (Å²) in [5, 5.41) is 2.99. The summed E-state index contributed by atoms with van der Waals surface area (Å²) in [4.78, 5) is 23.8. The maximum Gasteiger partial charge on any atom is 0.331 e. The van der Waals surface area contributed by atoms with Crippen LogP contribution in [0.1, 0.15) is 38.7 Å². The molecule has 1 aliphatic carbocycles. The lowest BCUT2D eigenvalue weighted by Gasteiger charge is -2.34. The molecular weight excluding hydrogens is 318 g/mol. The average molecular weight is 345 g/mol. The number of carbonyl (C=O) groups excluding carboxylic acids is 2. The first-order valence-electron chi connectivity index (χ1n) is 8.78. The number of hydrogen-bond acceptors (Lipinski definition) is 4. The summed E-state index contributed by atoms with van der Waals surface area (Å²) in [7, 11) is 1.57. The summed E-state index contributed by atoms with van der Waals surface area (Å²) >= 11 is 0. The molecule has 1 N–H and O–H groups in total. The molecule has 2 rings (SSSR count). The van der Waals surface area contributed by atoms with Crippen LogP contribution in [0, 0.1) is 11.8 Å². The standard InChI is InChI=1S/C20H27NO4/c1-14-7-6-9-17(15(14)2)21-19(22)13-25-20(23)12-11-16-8-4-5-10-18(16)24-3/h4-5,8,10-12,14-15,17H,6-7,9,13H2,1-3H3,(H,21,22)/b12-11+/t14-,15+,17-/m1/s1. The lowest BCUT2D eigenvalue weighted by molar-refractivity contribution is -0.144. The van der Waals surface area contributed by atoms with Crippen molar-refractivity contribution in [3.05, 3.63) is 35.9 Å². The Labute approximate surface area is 149 Å². The van der Waals surface area contributed by atoms with Crippen molar-refractivity contribution in [3.8, 4) is 5.75 Å². The molecule has 25 heavy (non-hydrogen) atoms. The third-order valence-electron chi connectivity index (χ3n) is 4.94.